The Labute approximate surface area is 105 Å². The van der Waals surface area contributed by atoms with Gasteiger partial charge in [-0.2, -0.15) is 0 Å². The van der Waals surface area contributed by atoms with E-state index in [2.05, 4.69) is 20.5 Å². The number of rotatable bonds is 2. The van der Waals surface area contributed by atoms with Crippen LogP contribution in [-0.4, -0.2) is 25.7 Å². The third kappa shape index (κ3) is 2.53. The van der Waals surface area contributed by atoms with E-state index in [0.717, 1.165) is 0 Å². The van der Waals surface area contributed by atoms with Crippen LogP contribution in [0.5, 0.6) is 0 Å². The van der Waals surface area contributed by atoms with Crippen molar-refractivity contribution < 1.29 is 4.79 Å². The molecular formula is C12H15N5O. The summed E-state index contributed by atoms with van der Waals surface area (Å²) in [7, 11) is 0. The van der Waals surface area contributed by atoms with E-state index >= 15 is 0 Å². The lowest BCUT2D eigenvalue weighted by molar-refractivity contribution is 0.100. The molecule has 0 aromatic carbocycles. The predicted molar refractivity (Wildman–Crippen MR) is 67.2 cm³/mol. The molecule has 6 nitrogen and oxygen atoms in total. The van der Waals surface area contributed by atoms with Crippen LogP contribution < -0.4 is 5.32 Å². The zero-order chi connectivity index (χ0) is 13.2. The molecule has 0 saturated heterocycles. The average molecular weight is 245 g/mol. The second kappa shape index (κ2) is 4.56. The quantitative estimate of drug-likeness (QED) is 0.873. The second-order valence-electron chi connectivity index (χ2n) is 4.86. The normalized spacial score (nSPS) is 11.3. The van der Waals surface area contributed by atoms with E-state index in [-0.39, 0.29) is 17.3 Å². The summed E-state index contributed by atoms with van der Waals surface area (Å²) in [6, 6.07) is 5.31. The van der Waals surface area contributed by atoms with Crippen LogP contribution in [0.2, 0.25) is 0 Å². The van der Waals surface area contributed by atoms with Crippen LogP contribution in [0.3, 0.4) is 0 Å². The smallest absolute Gasteiger partial charge is 0.294 e. The minimum atomic E-state index is -0.318. The lowest BCUT2D eigenvalue weighted by atomic mass is 10.1. The van der Waals surface area contributed by atoms with Crippen LogP contribution in [0.4, 0.5) is 5.82 Å². The fraction of sp³-hybridized carbons (Fsp3) is 0.333. The highest BCUT2D eigenvalue weighted by molar-refractivity contribution is 6.01. The summed E-state index contributed by atoms with van der Waals surface area (Å²) < 4.78 is 1.73. The fourth-order valence-electron chi connectivity index (χ4n) is 1.49. The van der Waals surface area contributed by atoms with Crippen LogP contribution in [0.25, 0.3) is 0 Å². The molecule has 0 bridgehead atoms. The van der Waals surface area contributed by atoms with Gasteiger partial charge in [0.05, 0.1) is 0 Å². The van der Waals surface area contributed by atoms with Gasteiger partial charge in [0.1, 0.15) is 12.1 Å². The third-order valence-electron chi connectivity index (χ3n) is 2.38. The van der Waals surface area contributed by atoms with Crippen molar-refractivity contribution in [3.8, 4) is 0 Å². The molecule has 18 heavy (non-hydrogen) atoms. The van der Waals surface area contributed by atoms with Gasteiger partial charge < -0.3 is 9.88 Å². The summed E-state index contributed by atoms with van der Waals surface area (Å²) >= 11 is 0. The highest BCUT2D eigenvalue weighted by Crippen LogP contribution is 2.15. The molecule has 0 unspecified atom stereocenters. The Bertz CT molecular complexity index is 541. The summed E-state index contributed by atoms with van der Waals surface area (Å²) in [6.45, 7) is 5.94. The van der Waals surface area contributed by atoms with E-state index in [4.69, 9.17) is 0 Å². The maximum Gasteiger partial charge on any atom is 0.294 e. The summed E-state index contributed by atoms with van der Waals surface area (Å²) in [5.41, 5.74) is -0.250. The first-order valence-electron chi connectivity index (χ1n) is 5.61. The van der Waals surface area contributed by atoms with Crippen molar-refractivity contribution in [1.29, 1.82) is 0 Å². The van der Waals surface area contributed by atoms with Gasteiger partial charge in [0.2, 0.25) is 5.82 Å². The largest absolute Gasteiger partial charge is 0.304 e. The van der Waals surface area contributed by atoms with Gasteiger partial charge >= 0.3 is 0 Å². The van der Waals surface area contributed by atoms with Gasteiger partial charge in [0, 0.05) is 11.7 Å². The van der Waals surface area contributed by atoms with Crippen LogP contribution in [0.15, 0.2) is 30.7 Å². The monoisotopic (exact) mass is 245 g/mol. The number of carbonyl (C=O) groups is 1. The molecule has 2 aromatic heterocycles. The Balaban J connectivity index is 2.23. The molecule has 0 saturated carbocycles. The molecule has 94 valence electrons. The lowest BCUT2D eigenvalue weighted by Crippen LogP contribution is -2.28. The molecule has 0 fully saturated rings. The minimum absolute atomic E-state index is 0.250. The van der Waals surface area contributed by atoms with Crippen LogP contribution in [-0.2, 0) is 5.54 Å². The van der Waals surface area contributed by atoms with Crippen molar-refractivity contribution in [2.24, 2.45) is 0 Å². The van der Waals surface area contributed by atoms with Crippen molar-refractivity contribution in [2.75, 3.05) is 5.32 Å². The standard InChI is InChI=1S/C12H15N5O/c1-12(2,3)17-8-14-16-10(17)11(18)15-9-6-4-5-7-13-9/h4-8H,1-3H3,(H,13,15,18). The Kier molecular flexibility index (Phi) is 3.10. The molecule has 0 aliphatic heterocycles. The number of hydrogen-bond acceptors (Lipinski definition) is 4. The SMILES string of the molecule is CC(C)(C)n1cnnc1C(=O)Nc1ccccn1. The summed E-state index contributed by atoms with van der Waals surface area (Å²) in [5, 5.41) is 10.3. The zero-order valence-corrected chi connectivity index (χ0v) is 10.6. The Morgan fingerprint density at radius 3 is 2.72 bits per heavy atom. The number of amides is 1. The van der Waals surface area contributed by atoms with Crippen LogP contribution in [0, 0.1) is 0 Å². The van der Waals surface area contributed by atoms with E-state index in [1.165, 1.54) is 0 Å². The summed E-state index contributed by atoms with van der Waals surface area (Å²) in [4.78, 5) is 16.1. The molecule has 2 rings (SSSR count). The highest BCUT2D eigenvalue weighted by Gasteiger charge is 2.22. The van der Waals surface area contributed by atoms with E-state index in [0.29, 0.717) is 5.82 Å². The molecule has 1 N–H and O–H groups in total. The van der Waals surface area contributed by atoms with E-state index in [1.54, 1.807) is 35.3 Å². The van der Waals surface area contributed by atoms with E-state index in [9.17, 15) is 4.79 Å². The maximum atomic E-state index is 12.1. The van der Waals surface area contributed by atoms with Gasteiger partial charge in [-0.05, 0) is 32.9 Å². The molecule has 0 radical (unpaired) electrons. The van der Waals surface area contributed by atoms with Crippen LogP contribution in [0.1, 0.15) is 31.4 Å². The first-order valence-corrected chi connectivity index (χ1v) is 5.61. The zero-order valence-electron chi connectivity index (χ0n) is 10.6. The lowest BCUT2D eigenvalue weighted by Gasteiger charge is -2.21. The topological polar surface area (TPSA) is 72.7 Å². The first kappa shape index (κ1) is 12.2. The molecule has 1 amide bonds. The number of carbonyl (C=O) groups excluding carboxylic acids is 1. The highest BCUT2D eigenvalue weighted by atomic mass is 16.2. The number of anilines is 1. The van der Waals surface area contributed by atoms with Crippen molar-refractivity contribution >= 4 is 11.7 Å². The van der Waals surface area contributed by atoms with Gasteiger partial charge in [-0.25, -0.2) is 4.98 Å². The molecule has 0 atom stereocenters. The summed E-state index contributed by atoms with van der Waals surface area (Å²) in [5.74, 6) is 0.445. The number of hydrogen-bond donors (Lipinski definition) is 1. The van der Waals surface area contributed by atoms with Gasteiger partial charge in [0.25, 0.3) is 5.91 Å². The third-order valence-corrected chi connectivity index (χ3v) is 2.38. The molecule has 2 heterocycles. The average Bonchev–Trinajstić information content (AvgIpc) is 2.79. The van der Waals surface area contributed by atoms with Crippen LogP contribution >= 0.6 is 0 Å². The van der Waals surface area contributed by atoms with Crippen molar-refractivity contribution in [3.05, 3.63) is 36.5 Å². The number of aromatic nitrogens is 4. The fourth-order valence-corrected chi connectivity index (χ4v) is 1.49. The van der Waals surface area contributed by atoms with Gasteiger partial charge in [-0.3, -0.25) is 4.79 Å². The summed E-state index contributed by atoms with van der Waals surface area (Å²) in [6.07, 6.45) is 3.16. The Morgan fingerprint density at radius 2 is 2.11 bits per heavy atom. The minimum Gasteiger partial charge on any atom is -0.304 e. The predicted octanol–water partition coefficient (Wildman–Crippen LogP) is 1.68. The Morgan fingerprint density at radius 1 is 1.33 bits per heavy atom. The van der Waals surface area contributed by atoms with Gasteiger partial charge in [0.15, 0.2) is 0 Å². The molecule has 0 spiro atoms. The van der Waals surface area contributed by atoms with E-state index in [1.807, 2.05) is 20.8 Å². The Hall–Kier alpha value is -2.24. The van der Waals surface area contributed by atoms with Gasteiger partial charge in [-0.15, -0.1) is 10.2 Å². The number of nitrogens with zero attached hydrogens (tertiary/aromatic N) is 4. The maximum absolute atomic E-state index is 12.1. The van der Waals surface area contributed by atoms with E-state index < -0.39 is 0 Å². The number of nitrogens with one attached hydrogen (secondary N) is 1. The molecule has 2 aromatic rings. The van der Waals surface area contributed by atoms with Gasteiger partial charge in [-0.1, -0.05) is 6.07 Å². The molecule has 0 aliphatic carbocycles. The van der Waals surface area contributed by atoms with Crippen molar-refractivity contribution in [1.82, 2.24) is 19.7 Å². The number of pyridine rings is 1. The molecule has 0 aliphatic rings. The molecule has 6 heteroatoms. The second-order valence-corrected chi connectivity index (χ2v) is 4.86. The van der Waals surface area contributed by atoms with Crippen molar-refractivity contribution in [2.45, 2.75) is 26.3 Å². The molecular weight excluding hydrogens is 230 g/mol. The first-order chi connectivity index (χ1) is 8.48. The van der Waals surface area contributed by atoms with Crippen molar-refractivity contribution in [3.63, 3.8) is 0 Å².